The van der Waals surface area contributed by atoms with E-state index in [1.54, 1.807) is 18.4 Å². The average molecular weight is 391 g/mol. The van der Waals surface area contributed by atoms with E-state index in [0.29, 0.717) is 6.54 Å². The molecule has 0 bridgehead atoms. The molecule has 6 nitrogen and oxygen atoms in total. The minimum atomic E-state index is -0.0278. The molecule has 7 heteroatoms. The minimum absolute atomic E-state index is 0.0278. The van der Waals surface area contributed by atoms with Gasteiger partial charge in [-0.2, -0.15) is 0 Å². The second-order valence-electron chi connectivity index (χ2n) is 6.07. The van der Waals surface area contributed by atoms with E-state index in [4.69, 9.17) is 9.47 Å². The number of methoxy groups -OCH3 is 1. The highest BCUT2D eigenvalue weighted by Crippen LogP contribution is 2.18. The summed E-state index contributed by atoms with van der Waals surface area (Å²) >= 11 is 1.78. The molecular weight excluding hydrogens is 360 g/mol. The molecule has 1 unspecified atom stereocenters. The fourth-order valence-electron chi connectivity index (χ4n) is 2.40. The predicted octanol–water partition coefficient (Wildman–Crippen LogP) is 3.28. The van der Waals surface area contributed by atoms with Gasteiger partial charge in [-0.3, -0.25) is 0 Å². The quantitative estimate of drug-likeness (QED) is 0.481. The molecule has 2 N–H and O–H groups in total. The molecule has 0 radical (unpaired) electrons. The largest absolute Gasteiger partial charge is 0.497 e. The van der Waals surface area contributed by atoms with Crippen LogP contribution in [0.25, 0.3) is 0 Å². The van der Waals surface area contributed by atoms with Crippen molar-refractivity contribution in [3.05, 3.63) is 40.3 Å². The molecular formula is C20H30N4O2S. The number of benzene rings is 1. The van der Waals surface area contributed by atoms with Gasteiger partial charge in [-0.25, -0.2) is 9.98 Å². The number of ether oxygens (including phenoxy) is 2. The van der Waals surface area contributed by atoms with Crippen LogP contribution in [0, 0.1) is 0 Å². The number of nitrogens with zero attached hydrogens (tertiary/aromatic N) is 2. The first-order valence-electron chi connectivity index (χ1n) is 9.41. The SMILES string of the molecule is CCNC(=NCC(C)Oc1ccc(OC)cc1)NCCc1ncc(CC)s1. The van der Waals surface area contributed by atoms with Gasteiger partial charge in [-0.15, -0.1) is 11.3 Å². The normalized spacial score (nSPS) is 12.5. The summed E-state index contributed by atoms with van der Waals surface area (Å²) in [7, 11) is 1.65. The molecule has 0 saturated heterocycles. The maximum Gasteiger partial charge on any atom is 0.191 e. The summed E-state index contributed by atoms with van der Waals surface area (Å²) in [6, 6.07) is 7.58. The molecule has 0 aliphatic heterocycles. The van der Waals surface area contributed by atoms with Gasteiger partial charge in [-0.05, 0) is 44.5 Å². The van der Waals surface area contributed by atoms with Gasteiger partial charge in [0.2, 0.25) is 0 Å². The van der Waals surface area contributed by atoms with Crippen LogP contribution >= 0.6 is 11.3 Å². The first kappa shape index (κ1) is 21.0. The zero-order valence-electron chi connectivity index (χ0n) is 16.6. The van der Waals surface area contributed by atoms with Gasteiger partial charge in [0.15, 0.2) is 5.96 Å². The number of rotatable bonds is 10. The van der Waals surface area contributed by atoms with E-state index in [-0.39, 0.29) is 6.10 Å². The third-order valence-corrected chi connectivity index (χ3v) is 5.03. The van der Waals surface area contributed by atoms with Gasteiger partial charge in [-0.1, -0.05) is 6.92 Å². The number of aliphatic imine (C=N–C) groups is 1. The van der Waals surface area contributed by atoms with E-state index in [2.05, 4.69) is 34.5 Å². The molecule has 1 heterocycles. The number of thiazole rings is 1. The summed E-state index contributed by atoms with van der Waals surface area (Å²) in [4.78, 5) is 10.4. The molecule has 1 aromatic carbocycles. The molecule has 2 rings (SSSR count). The molecule has 0 spiro atoms. The summed E-state index contributed by atoms with van der Waals surface area (Å²) in [6.45, 7) is 8.41. The topological polar surface area (TPSA) is 67.8 Å². The van der Waals surface area contributed by atoms with Crippen LogP contribution < -0.4 is 20.1 Å². The first-order valence-corrected chi connectivity index (χ1v) is 10.2. The summed E-state index contributed by atoms with van der Waals surface area (Å²) in [6.07, 6.45) is 3.88. The second kappa shape index (κ2) is 11.4. The molecule has 0 fully saturated rings. The Morgan fingerprint density at radius 1 is 1.19 bits per heavy atom. The zero-order valence-corrected chi connectivity index (χ0v) is 17.4. The van der Waals surface area contributed by atoms with Crippen LogP contribution in [0.4, 0.5) is 0 Å². The van der Waals surface area contributed by atoms with E-state index < -0.39 is 0 Å². The molecule has 0 aliphatic rings. The summed E-state index contributed by atoms with van der Waals surface area (Å²) in [5.41, 5.74) is 0. The van der Waals surface area contributed by atoms with E-state index >= 15 is 0 Å². The van der Waals surface area contributed by atoms with E-state index in [9.17, 15) is 0 Å². The number of guanidine groups is 1. The van der Waals surface area contributed by atoms with Crippen molar-refractivity contribution in [2.75, 3.05) is 26.7 Å². The van der Waals surface area contributed by atoms with Crippen LogP contribution in [0.3, 0.4) is 0 Å². The lowest BCUT2D eigenvalue weighted by atomic mass is 10.3. The highest BCUT2D eigenvalue weighted by Gasteiger charge is 2.06. The molecule has 0 amide bonds. The van der Waals surface area contributed by atoms with Gasteiger partial charge in [0, 0.05) is 30.6 Å². The van der Waals surface area contributed by atoms with Crippen molar-refractivity contribution < 1.29 is 9.47 Å². The Bertz CT molecular complexity index is 700. The van der Waals surface area contributed by atoms with Gasteiger partial charge in [0.25, 0.3) is 0 Å². The van der Waals surface area contributed by atoms with Crippen LogP contribution in [0.5, 0.6) is 11.5 Å². The fraction of sp³-hybridized carbons (Fsp3) is 0.500. The van der Waals surface area contributed by atoms with Crippen molar-refractivity contribution in [2.45, 2.75) is 39.7 Å². The lowest BCUT2D eigenvalue weighted by Crippen LogP contribution is -2.39. The Hall–Kier alpha value is -2.28. The van der Waals surface area contributed by atoms with Crippen molar-refractivity contribution in [1.29, 1.82) is 0 Å². The summed E-state index contributed by atoms with van der Waals surface area (Å²) in [5.74, 6) is 2.43. The van der Waals surface area contributed by atoms with E-state index in [1.807, 2.05) is 37.4 Å². The number of aryl methyl sites for hydroxylation is 1. The highest BCUT2D eigenvalue weighted by atomic mass is 32.1. The predicted molar refractivity (Wildman–Crippen MR) is 112 cm³/mol. The number of nitrogens with one attached hydrogen (secondary N) is 2. The Balaban J connectivity index is 1.80. The molecule has 27 heavy (non-hydrogen) atoms. The molecule has 2 aromatic rings. The summed E-state index contributed by atoms with van der Waals surface area (Å²) < 4.78 is 11.1. The number of aromatic nitrogens is 1. The summed E-state index contributed by atoms with van der Waals surface area (Å²) in [5, 5.41) is 7.79. The average Bonchev–Trinajstić information content (AvgIpc) is 3.14. The maximum absolute atomic E-state index is 5.90. The van der Waals surface area contributed by atoms with Crippen molar-refractivity contribution in [3.8, 4) is 11.5 Å². The molecule has 1 atom stereocenters. The Kier molecular flexibility index (Phi) is 8.91. The molecule has 1 aromatic heterocycles. The highest BCUT2D eigenvalue weighted by molar-refractivity contribution is 7.11. The van der Waals surface area contributed by atoms with Crippen LogP contribution in [-0.4, -0.2) is 43.8 Å². The van der Waals surface area contributed by atoms with Gasteiger partial charge >= 0.3 is 0 Å². The van der Waals surface area contributed by atoms with Crippen molar-refractivity contribution in [1.82, 2.24) is 15.6 Å². The van der Waals surface area contributed by atoms with E-state index in [0.717, 1.165) is 48.4 Å². The first-order chi connectivity index (χ1) is 13.1. The fourth-order valence-corrected chi connectivity index (χ4v) is 3.26. The van der Waals surface area contributed by atoms with Crippen molar-refractivity contribution >= 4 is 17.3 Å². The smallest absolute Gasteiger partial charge is 0.191 e. The third-order valence-electron chi connectivity index (χ3n) is 3.83. The zero-order chi connectivity index (χ0) is 19.5. The van der Waals surface area contributed by atoms with Crippen LogP contribution in [0.15, 0.2) is 35.5 Å². The lowest BCUT2D eigenvalue weighted by Gasteiger charge is -2.15. The molecule has 0 aliphatic carbocycles. The Morgan fingerprint density at radius 2 is 1.93 bits per heavy atom. The Morgan fingerprint density at radius 3 is 2.56 bits per heavy atom. The molecule has 148 valence electrons. The van der Waals surface area contributed by atoms with Crippen molar-refractivity contribution in [2.24, 2.45) is 4.99 Å². The molecule has 0 saturated carbocycles. The van der Waals surface area contributed by atoms with Crippen LogP contribution in [0.2, 0.25) is 0 Å². The monoisotopic (exact) mass is 390 g/mol. The maximum atomic E-state index is 5.90. The Labute approximate surface area is 166 Å². The third kappa shape index (κ3) is 7.46. The van der Waals surface area contributed by atoms with Gasteiger partial charge < -0.3 is 20.1 Å². The number of hydrogen-bond donors (Lipinski definition) is 2. The number of hydrogen-bond acceptors (Lipinski definition) is 5. The van der Waals surface area contributed by atoms with Crippen LogP contribution in [0.1, 0.15) is 30.7 Å². The van der Waals surface area contributed by atoms with Gasteiger partial charge in [0.05, 0.1) is 18.7 Å². The lowest BCUT2D eigenvalue weighted by molar-refractivity contribution is 0.230. The van der Waals surface area contributed by atoms with Gasteiger partial charge in [0.1, 0.15) is 17.6 Å². The minimum Gasteiger partial charge on any atom is -0.497 e. The van der Waals surface area contributed by atoms with Crippen LogP contribution in [-0.2, 0) is 12.8 Å². The standard InChI is InChI=1S/C20H30N4O2S/c1-5-18-14-23-19(27-18)11-12-22-20(21-6-2)24-13-15(3)26-17-9-7-16(25-4)8-10-17/h7-10,14-15H,5-6,11-13H2,1-4H3,(H2,21,22,24). The second-order valence-corrected chi connectivity index (χ2v) is 7.27. The van der Waals surface area contributed by atoms with E-state index in [1.165, 1.54) is 4.88 Å². The van der Waals surface area contributed by atoms with Crippen molar-refractivity contribution in [3.63, 3.8) is 0 Å².